The van der Waals surface area contributed by atoms with Crippen molar-refractivity contribution in [1.82, 2.24) is 9.71 Å². The maximum absolute atomic E-state index is 13.0. The molecule has 3 aromatic rings. The van der Waals surface area contributed by atoms with E-state index in [1.807, 2.05) is 6.07 Å². The van der Waals surface area contributed by atoms with E-state index in [1.54, 1.807) is 49.1 Å². The maximum atomic E-state index is 13.0. The summed E-state index contributed by atoms with van der Waals surface area (Å²) in [7, 11) is -8.42. The number of rotatable bonds is 19. The summed E-state index contributed by atoms with van der Waals surface area (Å²) in [6.45, 7) is 3.83. The molecule has 0 saturated carbocycles. The molecule has 236 valence electrons. The minimum atomic E-state index is -4.25. The van der Waals surface area contributed by atoms with Crippen LogP contribution < -0.4 is 9.44 Å². The van der Waals surface area contributed by atoms with E-state index in [1.165, 1.54) is 57.8 Å². The number of benzene rings is 2. The van der Waals surface area contributed by atoms with Crippen LogP contribution in [-0.4, -0.2) is 32.7 Å². The number of nitrogens with one attached hydrogen (secondary N) is 2. The number of sulfonamides is 2. The molecule has 0 bridgehead atoms. The Labute approximate surface area is 266 Å². The number of aromatic nitrogens is 1. The summed E-state index contributed by atoms with van der Waals surface area (Å²) in [5.41, 5.74) is 1.42. The Bertz CT molecular complexity index is 1530. The van der Waals surface area contributed by atoms with Gasteiger partial charge in [-0.1, -0.05) is 88.4 Å². The molecule has 43 heavy (non-hydrogen) atoms. The van der Waals surface area contributed by atoms with Crippen LogP contribution in [0.5, 0.6) is 5.75 Å². The summed E-state index contributed by atoms with van der Waals surface area (Å²) in [5, 5.41) is 11.5. The summed E-state index contributed by atoms with van der Waals surface area (Å²) < 4.78 is 56.9. The third-order valence-corrected chi connectivity index (χ3v) is 11.3. The van der Waals surface area contributed by atoms with Crippen LogP contribution in [0.3, 0.4) is 0 Å². The van der Waals surface area contributed by atoms with Crippen LogP contribution in [-0.2, 0) is 26.6 Å². The van der Waals surface area contributed by atoms with Gasteiger partial charge in [-0.3, -0.25) is 4.72 Å². The van der Waals surface area contributed by atoms with Crippen molar-refractivity contribution in [2.24, 2.45) is 0 Å². The van der Waals surface area contributed by atoms with Crippen LogP contribution in [0.4, 0.5) is 5.69 Å². The van der Waals surface area contributed by atoms with Gasteiger partial charge in [0.2, 0.25) is 10.0 Å². The van der Waals surface area contributed by atoms with Crippen LogP contribution >= 0.6 is 23.4 Å². The zero-order valence-corrected chi connectivity index (χ0v) is 28.0. The highest BCUT2D eigenvalue weighted by molar-refractivity contribution is 7.99. The van der Waals surface area contributed by atoms with Crippen LogP contribution in [0.1, 0.15) is 82.3 Å². The molecule has 0 unspecified atom stereocenters. The second-order valence-corrected chi connectivity index (χ2v) is 15.4. The van der Waals surface area contributed by atoms with Gasteiger partial charge in [0.1, 0.15) is 10.6 Å². The normalized spacial score (nSPS) is 12.0. The topological polar surface area (TPSA) is 125 Å². The van der Waals surface area contributed by atoms with Gasteiger partial charge in [-0.15, -0.1) is 11.8 Å². The number of hydrogen-bond acceptors (Lipinski definition) is 7. The first-order valence-corrected chi connectivity index (χ1v) is 19.0. The quantitative estimate of drug-likeness (QED) is 0.0872. The monoisotopic (exact) mass is 667 g/mol. The van der Waals surface area contributed by atoms with Gasteiger partial charge in [0.25, 0.3) is 10.0 Å². The molecule has 12 heteroatoms. The fourth-order valence-corrected chi connectivity index (χ4v) is 7.81. The molecule has 0 saturated heterocycles. The Morgan fingerprint density at radius 2 is 1.53 bits per heavy atom. The SMILES string of the molecule is CCCCCCCCCCCCSc1ccc(CNS(=O)(=O)c2cc(S(=O)(=O)Nc3cccc(Cl)c3C)ccc2O)cn1. The van der Waals surface area contributed by atoms with Gasteiger partial charge in [0.05, 0.1) is 15.6 Å². The molecular formula is C31H42ClN3O5S3. The standard InChI is InChI=1S/C31H42ClN3O5S3/c1-3-4-5-6-7-8-9-10-11-12-20-41-31-19-16-25(22-33-31)23-34-43(39,40)30-21-26(17-18-29(30)36)42(37,38)35-28-15-13-14-27(32)24(28)2/h13-19,21-22,34-36H,3-12,20,23H2,1-2H3. The molecule has 1 aromatic heterocycles. The molecule has 2 aromatic carbocycles. The van der Waals surface area contributed by atoms with Crippen molar-refractivity contribution < 1.29 is 21.9 Å². The third-order valence-electron chi connectivity index (χ3n) is 7.05. The van der Waals surface area contributed by atoms with E-state index in [-0.39, 0.29) is 17.1 Å². The van der Waals surface area contributed by atoms with Gasteiger partial charge in [-0.2, -0.15) is 0 Å². The molecule has 0 radical (unpaired) electrons. The number of thioether (sulfide) groups is 1. The van der Waals surface area contributed by atoms with Crippen molar-refractivity contribution in [3.05, 3.63) is 70.9 Å². The van der Waals surface area contributed by atoms with Crippen molar-refractivity contribution in [3.63, 3.8) is 0 Å². The lowest BCUT2D eigenvalue weighted by Crippen LogP contribution is -2.24. The van der Waals surface area contributed by atoms with Crippen LogP contribution in [0.25, 0.3) is 0 Å². The second-order valence-electron chi connectivity index (χ2n) is 10.5. The average Bonchev–Trinajstić information content (AvgIpc) is 2.98. The summed E-state index contributed by atoms with van der Waals surface area (Å²) in [4.78, 5) is 3.56. The molecular weight excluding hydrogens is 626 g/mol. The largest absolute Gasteiger partial charge is 0.507 e. The van der Waals surface area contributed by atoms with E-state index in [0.29, 0.717) is 16.1 Å². The minimum absolute atomic E-state index is 0.0743. The predicted octanol–water partition coefficient (Wildman–Crippen LogP) is 8.04. The number of unbranched alkanes of at least 4 members (excludes halogenated alkanes) is 9. The lowest BCUT2D eigenvalue weighted by molar-refractivity contribution is 0.457. The van der Waals surface area contributed by atoms with Crippen molar-refractivity contribution in [3.8, 4) is 5.75 Å². The van der Waals surface area contributed by atoms with Crippen LogP contribution in [0.15, 0.2) is 69.5 Å². The molecule has 0 spiro atoms. The first-order valence-electron chi connectivity index (χ1n) is 14.7. The van der Waals surface area contributed by atoms with E-state index in [9.17, 15) is 21.9 Å². The fraction of sp³-hybridized carbons (Fsp3) is 0.452. The van der Waals surface area contributed by atoms with Crippen molar-refractivity contribution >= 4 is 49.1 Å². The van der Waals surface area contributed by atoms with Gasteiger partial charge in [-0.05, 0) is 66.6 Å². The highest BCUT2D eigenvalue weighted by Gasteiger charge is 2.24. The van der Waals surface area contributed by atoms with Crippen LogP contribution in [0.2, 0.25) is 5.02 Å². The maximum Gasteiger partial charge on any atom is 0.261 e. The number of nitrogens with zero attached hydrogens (tertiary/aromatic N) is 1. The lowest BCUT2D eigenvalue weighted by atomic mass is 10.1. The number of phenolic OH excluding ortho intramolecular Hbond substituents is 1. The van der Waals surface area contributed by atoms with E-state index < -0.39 is 30.7 Å². The number of aromatic hydroxyl groups is 1. The Balaban J connectivity index is 1.49. The van der Waals surface area contributed by atoms with Crippen molar-refractivity contribution in [1.29, 1.82) is 0 Å². The number of hydrogen-bond donors (Lipinski definition) is 3. The Kier molecular flexibility index (Phi) is 14.1. The van der Waals surface area contributed by atoms with Gasteiger partial charge in [0, 0.05) is 17.8 Å². The first-order chi connectivity index (χ1) is 20.5. The average molecular weight is 668 g/mol. The smallest absolute Gasteiger partial charge is 0.261 e. The number of pyridine rings is 1. The zero-order valence-electron chi connectivity index (χ0n) is 24.8. The highest BCUT2D eigenvalue weighted by atomic mass is 35.5. The minimum Gasteiger partial charge on any atom is -0.507 e. The van der Waals surface area contributed by atoms with E-state index in [4.69, 9.17) is 11.6 Å². The molecule has 1 heterocycles. The zero-order chi connectivity index (χ0) is 31.3. The predicted molar refractivity (Wildman–Crippen MR) is 176 cm³/mol. The second kappa shape index (κ2) is 17.2. The number of halogens is 1. The molecule has 0 aliphatic carbocycles. The van der Waals surface area contributed by atoms with Gasteiger partial charge < -0.3 is 5.11 Å². The summed E-state index contributed by atoms with van der Waals surface area (Å²) in [6, 6.07) is 11.5. The Morgan fingerprint density at radius 1 is 0.860 bits per heavy atom. The Morgan fingerprint density at radius 3 is 2.19 bits per heavy atom. The van der Waals surface area contributed by atoms with Crippen LogP contribution in [0, 0.1) is 6.92 Å². The van der Waals surface area contributed by atoms with Gasteiger partial charge >= 0.3 is 0 Å². The molecule has 0 fully saturated rings. The molecule has 0 atom stereocenters. The van der Waals surface area contributed by atoms with Crippen molar-refractivity contribution in [2.75, 3.05) is 10.5 Å². The van der Waals surface area contributed by atoms with Gasteiger partial charge in [-0.25, -0.2) is 26.5 Å². The third kappa shape index (κ3) is 11.3. The molecule has 0 aliphatic rings. The van der Waals surface area contributed by atoms with Gasteiger partial charge in [0.15, 0.2) is 0 Å². The van der Waals surface area contributed by atoms with E-state index in [2.05, 4.69) is 21.4 Å². The highest BCUT2D eigenvalue weighted by Crippen LogP contribution is 2.29. The van der Waals surface area contributed by atoms with E-state index in [0.717, 1.165) is 35.4 Å². The lowest BCUT2D eigenvalue weighted by Gasteiger charge is -2.13. The van der Waals surface area contributed by atoms with Crippen molar-refractivity contribution in [2.45, 2.75) is 99.4 Å². The van der Waals surface area contributed by atoms with E-state index >= 15 is 0 Å². The molecule has 8 nitrogen and oxygen atoms in total. The molecule has 3 rings (SSSR count). The summed E-state index contributed by atoms with van der Waals surface area (Å²) in [6.07, 6.45) is 14.6. The first kappa shape index (κ1) is 35.2. The molecule has 0 amide bonds. The molecule has 0 aliphatic heterocycles. The fourth-order valence-electron chi connectivity index (χ4n) is 4.42. The molecule has 3 N–H and O–H groups in total. The summed E-state index contributed by atoms with van der Waals surface area (Å²) >= 11 is 7.77. The number of phenols is 1. The summed E-state index contributed by atoms with van der Waals surface area (Å²) in [5.74, 6) is 0.418. The Hall–Kier alpha value is -2.31. The number of anilines is 1.